The smallest absolute Gasteiger partial charge is 0.424 e. The molecule has 0 saturated carbocycles. The van der Waals surface area contributed by atoms with Crippen molar-refractivity contribution in [1.82, 2.24) is 30.1 Å². The molecule has 4 heterocycles. The molecule has 554 valence electrons. The number of alkyl carbamates (subject to hydrolysis) is 1. The minimum atomic E-state index is -1.85. The van der Waals surface area contributed by atoms with Crippen molar-refractivity contribution < 1.29 is 86.0 Å². The lowest BCUT2D eigenvalue weighted by atomic mass is 9.83. The highest BCUT2D eigenvalue weighted by Gasteiger charge is 2.64. The van der Waals surface area contributed by atoms with Gasteiger partial charge < -0.3 is 76.9 Å². The van der Waals surface area contributed by atoms with Crippen LogP contribution in [0, 0.1) is 12.8 Å². The Balaban J connectivity index is 0.597. The van der Waals surface area contributed by atoms with Crippen molar-refractivity contribution in [2.75, 3.05) is 133 Å². The number of allylic oxidation sites excluding steroid dienone is 3. The van der Waals surface area contributed by atoms with Crippen LogP contribution in [-0.2, 0) is 90.8 Å². The number of hydrazine groups is 1. The van der Waals surface area contributed by atoms with Crippen molar-refractivity contribution >= 4 is 64.1 Å². The maximum absolute atomic E-state index is 14.3. The van der Waals surface area contributed by atoms with E-state index < -0.39 is 71.8 Å². The maximum Gasteiger partial charge on any atom is 0.424 e. The summed E-state index contributed by atoms with van der Waals surface area (Å²) in [4.78, 5) is 84.0. The van der Waals surface area contributed by atoms with Gasteiger partial charge >= 0.3 is 18.2 Å². The molecule has 4 aromatic carbocycles. The molecule has 1 aliphatic carbocycles. The lowest BCUT2D eigenvalue weighted by molar-refractivity contribution is -0.162. The maximum atomic E-state index is 14.3. The number of ether oxygens (including phenoxy) is 11. The molecule has 0 spiro atoms. The third kappa shape index (κ3) is 20.3. The van der Waals surface area contributed by atoms with Crippen molar-refractivity contribution in [1.29, 1.82) is 0 Å². The number of rotatable bonds is 33. The van der Waals surface area contributed by atoms with Crippen LogP contribution in [0.4, 0.5) is 15.3 Å². The zero-order chi connectivity index (χ0) is 73.1. The summed E-state index contributed by atoms with van der Waals surface area (Å²) in [7, 11) is 8.07. The second kappa shape index (κ2) is 37.1. The fourth-order valence-corrected chi connectivity index (χ4v) is 13.4. The van der Waals surface area contributed by atoms with Gasteiger partial charge in [-0.1, -0.05) is 115 Å². The van der Waals surface area contributed by atoms with Crippen molar-refractivity contribution in [3.8, 4) is 11.1 Å². The lowest BCUT2D eigenvalue weighted by Crippen LogP contribution is -2.63. The highest BCUT2D eigenvalue weighted by molar-refractivity contribution is 6.34. The summed E-state index contributed by atoms with van der Waals surface area (Å²) in [5.41, 5.74) is 6.55. The number of hydrogen-bond acceptors (Lipinski definition) is 19. The van der Waals surface area contributed by atoms with Gasteiger partial charge in [0, 0.05) is 84.3 Å². The quantitative estimate of drug-likeness (QED) is 0.0116. The van der Waals surface area contributed by atoms with Crippen LogP contribution in [-0.4, -0.2) is 230 Å². The number of benzene rings is 4. The van der Waals surface area contributed by atoms with Gasteiger partial charge in [-0.2, -0.15) is 0 Å². The molecule has 4 aliphatic rings. The summed E-state index contributed by atoms with van der Waals surface area (Å²) < 4.78 is 65.8. The summed E-state index contributed by atoms with van der Waals surface area (Å²) in [5.74, 6) is -2.28. The van der Waals surface area contributed by atoms with E-state index in [0.29, 0.717) is 96.2 Å². The number of nitrogens with one attached hydrogen (secondary N) is 2. The molecule has 8 atom stereocenters. The Morgan fingerprint density at radius 1 is 0.804 bits per heavy atom. The summed E-state index contributed by atoms with van der Waals surface area (Å²) in [6, 6.07) is 29.3. The molecule has 9 rings (SSSR count). The fraction of sp³-hybridized carbons (Fsp3) is 0.526. The highest BCUT2D eigenvalue weighted by atomic mass is 35.5. The first kappa shape index (κ1) is 78.3. The first-order valence-electron chi connectivity index (χ1n) is 34.9. The summed E-state index contributed by atoms with van der Waals surface area (Å²) in [6.45, 7) is 14.0. The number of carbonyl (C=O) groups is 6. The third-order valence-electron chi connectivity index (χ3n) is 19.4. The van der Waals surface area contributed by atoms with Crippen molar-refractivity contribution in [2.45, 2.75) is 128 Å². The SMILES string of the molecule is CO[C@@H]1/C=C/C=C(\C)Cc2cc(C)c(Cl)c(c2)N(C)C(=O)C[C@H](OC(=O)[C@H](C)N(C)C(=O)CCOCCOCCOCCOCCOCCOCCNC(=O)CCn2c(CN(C)N(C)C(=O)OCC3c4ccccc4-c4ccccc43)cc3ccccc32)C2(C)OC2[C@H](C)[C@@H]2C[C@@]1(O)NC(=O)O2. The lowest BCUT2D eigenvalue weighted by Gasteiger charge is -2.42. The van der Waals surface area contributed by atoms with E-state index >= 15 is 0 Å². The second-order valence-electron chi connectivity index (χ2n) is 26.5. The van der Waals surface area contributed by atoms with Gasteiger partial charge in [0.25, 0.3) is 0 Å². The molecule has 3 N–H and O–H groups in total. The largest absolute Gasteiger partial charge is 0.457 e. The van der Waals surface area contributed by atoms with E-state index in [0.717, 1.165) is 44.4 Å². The number of aliphatic hydroxyl groups is 1. The van der Waals surface area contributed by atoms with E-state index in [-0.39, 0.29) is 69.8 Å². The Hall–Kier alpha value is -7.79. The molecule has 4 bridgehead atoms. The van der Waals surface area contributed by atoms with Crippen LogP contribution in [0.3, 0.4) is 0 Å². The molecule has 26 heteroatoms. The van der Waals surface area contributed by atoms with Gasteiger partial charge in [0.2, 0.25) is 17.7 Å². The summed E-state index contributed by atoms with van der Waals surface area (Å²) >= 11 is 6.85. The van der Waals surface area contributed by atoms with E-state index in [4.69, 9.17) is 63.7 Å². The van der Waals surface area contributed by atoms with E-state index in [1.165, 1.54) is 47.0 Å². The van der Waals surface area contributed by atoms with E-state index in [9.17, 15) is 33.9 Å². The van der Waals surface area contributed by atoms with Crippen LogP contribution in [0.2, 0.25) is 5.02 Å². The number of halogens is 1. The number of likely N-dealkylation sites (N-methyl/N-ethyl adjacent to an activating group) is 1. The molecular formula is C76H100ClN7O18. The Morgan fingerprint density at radius 3 is 2.04 bits per heavy atom. The van der Waals surface area contributed by atoms with Gasteiger partial charge in [0.05, 0.1) is 115 Å². The monoisotopic (exact) mass is 1430 g/mol. The number of hydrogen-bond donors (Lipinski definition) is 3. The van der Waals surface area contributed by atoms with E-state index in [1.54, 1.807) is 40.1 Å². The number of nitrogens with zero attached hydrogens (tertiary/aromatic N) is 5. The van der Waals surface area contributed by atoms with Gasteiger partial charge in [-0.3, -0.25) is 19.7 Å². The van der Waals surface area contributed by atoms with Crippen LogP contribution in [0.15, 0.2) is 115 Å². The fourth-order valence-electron chi connectivity index (χ4n) is 13.2. The molecule has 2 saturated heterocycles. The van der Waals surface area contributed by atoms with Crippen molar-refractivity contribution in [3.63, 3.8) is 0 Å². The van der Waals surface area contributed by atoms with Gasteiger partial charge in [0.1, 0.15) is 36.6 Å². The van der Waals surface area contributed by atoms with Crippen LogP contribution in [0.5, 0.6) is 0 Å². The molecule has 1 aromatic heterocycles. The Kier molecular flexibility index (Phi) is 28.5. The number of esters is 1. The summed E-state index contributed by atoms with van der Waals surface area (Å²) in [6.07, 6.45) is 0.611. The second-order valence-corrected chi connectivity index (χ2v) is 26.9. The number of epoxide rings is 1. The van der Waals surface area contributed by atoms with E-state index in [1.807, 2.05) is 92.6 Å². The average molecular weight is 1440 g/mol. The number of anilines is 1. The number of para-hydroxylation sites is 1. The number of amides is 5. The van der Waals surface area contributed by atoms with Crippen LogP contribution in [0.25, 0.3) is 22.0 Å². The van der Waals surface area contributed by atoms with Gasteiger partial charge in [-0.05, 0) is 91.1 Å². The Labute approximate surface area is 602 Å². The van der Waals surface area contributed by atoms with Gasteiger partial charge in [-0.25, -0.2) is 24.4 Å². The molecule has 2 fully saturated rings. The van der Waals surface area contributed by atoms with Gasteiger partial charge in [-0.15, -0.1) is 0 Å². The van der Waals surface area contributed by atoms with E-state index in [2.05, 4.69) is 45.5 Å². The Morgan fingerprint density at radius 2 is 1.40 bits per heavy atom. The predicted octanol–water partition coefficient (Wildman–Crippen LogP) is 8.69. The molecule has 5 aromatic rings. The first-order valence-corrected chi connectivity index (χ1v) is 35.3. The zero-order valence-electron chi connectivity index (χ0n) is 60.3. The van der Waals surface area contributed by atoms with Crippen LogP contribution >= 0.6 is 11.6 Å². The molecule has 102 heavy (non-hydrogen) atoms. The molecule has 0 radical (unpaired) electrons. The topological polar surface area (TPSA) is 269 Å². The van der Waals surface area contributed by atoms with Crippen LogP contribution < -0.4 is 15.5 Å². The van der Waals surface area contributed by atoms with Crippen molar-refractivity contribution in [3.05, 3.63) is 148 Å². The van der Waals surface area contributed by atoms with Gasteiger partial charge in [0.15, 0.2) is 5.72 Å². The average Bonchev–Trinajstić information content (AvgIpc) is 1.57. The number of aromatic nitrogens is 1. The predicted molar refractivity (Wildman–Crippen MR) is 383 cm³/mol. The zero-order valence-corrected chi connectivity index (χ0v) is 61.0. The summed E-state index contributed by atoms with van der Waals surface area (Å²) in [5, 5.41) is 22.1. The number of aryl methyl sites for hydroxylation is 2. The number of fused-ring (bicyclic) bond motifs is 9. The molecule has 2 unspecified atom stereocenters. The number of carbonyl (C=O) groups excluding carboxylic acids is 6. The molecule has 5 amide bonds. The molecule has 25 nitrogen and oxygen atoms in total. The van der Waals surface area contributed by atoms with Crippen molar-refractivity contribution in [2.24, 2.45) is 5.92 Å². The number of methoxy groups -OCH3 is 1. The highest BCUT2D eigenvalue weighted by Crippen LogP contribution is 2.50. The third-order valence-corrected chi connectivity index (χ3v) is 19.9. The first-order chi connectivity index (χ1) is 49.0. The Bertz CT molecular complexity index is 3710. The molecular weight excluding hydrogens is 1330 g/mol. The van der Waals surface area contributed by atoms with Crippen LogP contribution in [0.1, 0.15) is 87.2 Å². The minimum absolute atomic E-state index is 0.0329. The standard InChI is InChI=1S/C76H100ClN7O18/c1-50-18-17-25-65(92-10)76(91)47-64(100-73(89)79-76)52(3)71-75(5,102-71)66(46-69(87)82(8)63-44-54(42-50)43-51(2)70(63)77)101-72(88)53(4)81(7)68(86)27-30-93-32-34-95-36-38-97-40-41-98-39-37-96-35-33-94-31-28-78-67(85)26-29-84-56(45-55-19-11-16-24-62(55)84)48-80(6)83(9)74(90)99-49-61-59-22-14-12-20-57(59)58-21-13-15-23-60(58)61/h11-25,43-45,52-53,61,64-66,71,91H,26-42,46-49H2,1-10H3,(H,78,85)(H,79,89)/b25-17+,50-18+/t52-,53+,64+,65-,66+,71?,75?,76+/m1/s1. The molecule has 3 aliphatic heterocycles. The normalized spacial score (nSPS) is 22.3. The minimum Gasteiger partial charge on any atom is -0.457 e.